The van der Waals surface area contributed by atoms with Gasteiger partial charge in [0.05, 0.1) is 25.5 Å². The summed E-state index contributed by atoms with van der Waals surface area (Å²) in [7, 11) is 3.25. The van der Waals surface area contributed by atoms with Gasteiger partial charge in [-0.3, -0.25) is 0 Å². The van der Waals surface area contributed by atoms with E-state index in [1.54, 1.807) is 25.6 Å². The van der Waals surface area contributed by atoms with Crippen molar-refractivity contribution in [1.29, 1.82) is 0 Å². The molecule has 2 heterocycles. The van der Waals surface area contributed by atoms with Crippen molar-refractivity contribution in [3.8, 4) is 33.5 Å². The standard InChI is InChI=1S/C20H19N5O2S2/c1-26-16-10-6-9-15(17(16)27-2)19-22-14(11-28-19)12-29-20-24-23-18(25(20)21)13-7-4-3-5-8-13/h3-11H,12,21H2,1-2H3. The smallest absolute Gasteiger partial charge is 0.210 e. The number of thiazole rings is 1. The maximum Gasteiger partial charge on any atom is 0.210 e. The van der Waals surface area contributed by atoms with E-state index in [0.717, 1.165) is 21.8 Å². The molecule has 0 bridgehead atoms. The molecule has 0 amide bonds. The van der Waals surface area contributed by atoms with Gasteiger partial charge < -0.3 is 15.3 Å². The number of nitrogen functional groups attached to an aromatic ring is 1. The quantitative estimate of drug-likeness (QED) is 0.352. The first-order valence-electron chi connectivity index (χ1n) is 8.75. The van der Waals surface area contributed by atoms with Crippen LogP contribution in [0.2, 0.25) is 0 Å². The zero-order valence-electron chi connectivity index (χ0n) is 15.9. The Labute approximate surface area is 176 Å². The number of hydrogen-bond donors (Lipinski definition) is 1. The minimum absolute atomic E-state index is 0.632. The van der Waals surface area contributed by atoms with Crippen LogP contribution in [0.4, 0.5) is 0 Å². The highest BCUT2D eigenvalue weighted by Crippen LogP contribution is 2.39. The van der Waals surface area contributed by atoms with Crippen LogP contribution in [0.15, 0.2) is 59.1 Å². The average Bonchev–Trinajstić information content (AvgIpc) is 3.38. The minimum Gasteiger partial charge on any atom is -0.493 e. The van der Waals surface area contributed by atoms with E-state index in [1.165, 1.54) is 16.4 Å². The van der Waals surface area contributed by atoms with Gasteiger partial charge in [-0.25, -0.2) is 9.66 Å². The second-order valence-corrected chi connectivity index (χ2v) is 7.82. The molecule has 0 fully saturated rings. The Kier molecular flexibility index (Phi) is 5.68. The molecule has 2 aromatic heterocycles. The molecule has 0 saturated carbocycles. The van der Waals surface area contributed by atoms with Crippen molar-refractivity contribution in [2.45, 2.75) is 10.9 Å². The van der Waals surface area contributed by atoms with E-state index in [9.17, 15) is 0 Å². The average molecular weight is 426 g/mol. The second-order valence-electron chi connectivity index (χ2n) is 6.02. The van der Waals surface area contributed by atoms with Crippen LogP contribution in [0.5, 0.6) is 11.5 Å². The van der Waals surface area contributed by atoms with E-state index < -0.39 is 0 Å². The zero-order valence-corrected chi connectivity index (χ0v) is 17.5. The lowest BCUT2D eigenvalue weighted by Crippen LogP contribution is -2.11. The highest BCUT2D eigenvalue weighted by atomic mass is 32.2. The van der Waals surface area contributed by atoms with Crippen LogP contribution in [0.3, 0.4) is 0 Å². The molecule has 2 N–H and O–H groups in total. The molecule has 4 aromatic rings. The van der Waals surface area contributed by atoms with Gasteiger partial charge in [-0.05, 0) is 12.1 Å². The third-order valence-electron chi connectivity index (χ3n) is 4.23. The maximum absolute atomic E-state index is 6.19. The van der Waals surface area contributed by atoms with Crippen molar-refractivity contribution >= 4 is 23.1 Å². The summed E-state index contributed by atoms with van der Waals surface area (Å²) in [6.45, 7) is 0. The number of para-hydroxylation sites is 1. The molecule has 0 aliphatic carbocycles. The van der Waals surface area contributed by atoms with Gasteiger partial charge >= 0.3 is 0 Å². The number of ether oxygens (including phenoxy) is 2. The molecule has 7 nitrogen and oxygen atoms in total. The molecule has 0 atom stereocenters. The zero-order chi connectivity index (χ0) is 20.2. The number of nitrogens with zero attached hydrogens (tertiary/aromatic N) is 4. The molecule has 0 aliphatic heterocycles. The van der Waals surface area contributed by atoms with Crippen molar-refractivity contribution in [1.82, 2.24) is 19.9 Å². The van der Waals surface area contributed by atoms with Crippen molar-refractivity contribution in [3.05, 3.63) is 59.6 Å². The Bertz CT molecular complexity index is 1110. The lowest BCUT2D eigenvalue weighted by Gasteiger charge is -2.10. The molecular formula is C20H19N5O2S2. The van der Waals surface area contributed by atoms with Crippen LogP contribution < -0.4 is 15.3 Å². The van der Waals surface area contributed by atoms with Gasteiger partial charge in [-0.2, -0.15) is 0 Å². The molecule has 0 saturated heterocycles. The molecule has 0 radical (unpaired) electrons. The summed E-state index contributed by atoms with van der Waals surface area (Å²) in [5, 5.41) is 12.0. The first kappa shape index (κ1) is 19.3. The van der Waals surface area contributed by atoms with Crippen LogP contribution in [-0.4, -0.2) is 34.1 Å². The predicted octanol–water partition coefficient (Wildman–Crippen LogP) is 4.09. The molecule has 0 aliphatic rings. The summed E-state index contributed by atoms with van der Waals surface area (Å²) in [6, 6.07) is 15.5. The summed E-state index contributed by atoms with van der Waals surface area (Å²) in [4.78, 5) is 4.74. The number of methoxy groups -OCH3 is 2. The molecule has 0 unspecified atom stereocenters. The first-order chi connectivity index (χ1) is 14.2. The Balaban J connectivity index is 1.51. The molecule has 4 rings (SSSR count). The SMILES string of the molecule is COc1cccc(-c2nc(CSc3nnc(-c4ccccc4)n3N)cs2)c1OC. The summed E-state index contributed by atoms with van der Waals surface area (Å²) < 4.78 is 12.4. The van der Waals surface area contributed by atoms with E-state index in [1.807, 2.05) is 53.9 Å². The van der Waals surface area contributed by atoms with Crippen LogP contribution in [0, 0.1) is 0 Å². The lowest BCUT2D eigenvalue weighted by atomic mass is 10.2. The topological polar surface area (TPSA) is 88.1 Å². The fraction of sp³-hybridized carbons (Fsp3) is 0.150. The van der Waals surface area contributed by atoms with E-state index in [-0.39, 0.29) is 0 Å². The second kappa shape index (κ2) is 8.54. The van der Waals surface area contributed by atoms with E-state index in [4.69, 9.17) is 20.3 Å². The van der Waals surface area contributed by atoms with Crippen LogP contribution in [0.25, 0.3) is 22.0 Å². The summed E-state index contributed by atoms with van der Waals surface area (Å²) in [6.07, 6.45) is 0. The molecule has 0 spiro atoms. The number of aromatic nitrogens is 4. The summed E-state index contributed by atoms with van der Waals surface area (Å²) in [5.41, 5.74) is 2.76. The number of rotatable bonds is 7. The van der Waals surface area contributed by atoms with E-state index in [0.29, 0.717) is 28.2 Å². The molecule has 29 heavy (non-hydrogen) atoms. The van der Waals surface area contributed by atoms with E-state index in [2.05, 4.69) is 10.2 Å². The van der Waals surface area contributed by atoms with Gasteiger partial charge in [0.25, 0.3) is 0 Å². The Morgan fingerprint density at radius 3 is 2.62 bits per heavy atom. The van der Waals surface area contributed by atoms with Gasteiger partial charge in [0.2, 0.25) is 5.16 Å². The Hall–Kier alpha value is -3.04. The predicted molar refractivity (Wildman–Crippen MR) is 116 cm³/mol. The molecule has 2 aromatic carbocycles. The molecule has 9 heteroatoms. The lowest BCUT2D eigenvalue weighted by molar-refractivity contribution is 0.356. The van der Waals surface area contributed by atoms with Gasteiger partial charge in [0.1, 0.15) is 5.01 Å². The first-order valence-corrected chi connectivity index (χ1v) is 10.6. The van der Waals surface area contributed by atoms with E-state index >= 15 is 0 Å². The largest absolute Gasteiger partial charge is 0.493 e. The fourth-order valence-corrected chi connectivity index (χ4v) is 4.55. The van der Waals surface area contributed by atoms with Crippen LogP contribution in [-0.2, 0) is 5.75 Å². The maximum atomic E-state index is 6.19. The number of benzene rings is 2. The normalized spacial score (nSPS) is 10.8. The highest BCUT2D eigenvalue weighted by Gasteiger charge is 2.16. The van der Waals surface area contributed by atoms with Crippen molar-refractivity contribution in [2.75, 3.05) is 20.1 Å². The Morgan fingerprint density at radius 2 is 1.86 bits per heavy atom. The fourth-order valence-electron chi connectivity index (χ4n) is 2.85. The third kappa shape index (κ3) is 3.92. The monoisotopic (exact) mass is 425 g/mol. The summed E-state index contributed by atoms with van der Waals surface area (Å²) >= 11 is 3.05. The van der Waals surface area contributed by atoms with Gasteiger partial charge in [-0.15, -0.1) is 21.5 Å². The Morgan fingerprint density at radius 1 is 1.03 bits per heavy atom. The number of nitrogens with two attached hydrogens (primary N) is 1. The molecular weight excluding hydrogens is 406 g/mol. The van der Waals surface area contributed by atoms with Gasteiger partial charge in [0, 0.05) is 16.7 Å². The molecule has 148 valence electrons. The minimum atomic E-state index is 0.632. The van der Waals surface area contributed by atoms with Gasteiger partial charge in [0.15, 0.2) is 17.3 Å². The number of hydrogen-bond acceptors (Lipinski definition) is 8. The van der Waals surface area contributed by atoms with Crippen LogP contribution >= 0.6 is 23.1 Å². The highest BCUT2D eigenvalue weighted by molar-refractivity contribution is 7.98. The van der Waals surface area contributed by atoms with Crippen LogP contribution in [0.1, 0.15) is 5.69 Å². The van der Waals surface area contributed by atoms with Gasteiger partial charge in [-0.1, -0.05) is 48.2 Å². The summed E-state index contributed by atoms with van der Waals surface area (Å²) in [5.74, 6) is 8.81. The van der Waals surface area contributed by atoms with Crippen molar-refractivity contribution in [3.63, 3.8) is 0 Å². The number of thioether (sulfide) groups is 1. The third-order valence-corrected chi connectivity index (χ3v) is 6.13. The van der Waals surface area contributed by atoms with Crippen molar-refractivity contribution < 1.29 is 9.47 Å². The van der Waals surface area contributed by atoms with Crippen molar-refractivity contribution in [2.24, 2.45) is 0 Å².